The van der Waals surface area contributed by atoms with Crippen molar-refractivity contribution in [1.82, 2.24) is 10.4 Å². The number of aryl methyl sites for hydroxylation is 1. The smallest absolute Gasteiger partial charge is 0.267 e. The summed E-state index contributed by atoms with van der Waals surface area (Å²) in [5.74, 6) is -1.01. The van der Waals surface area contributed by atoms with Crippen LogP contribution in [0.2, 0.25) is 0 Å². The van der Waals surface area contributed by atoms with Crippen LogP contribution in [0.5, 0.6) is 0 Å². The van der Waals surface area contributed by atoms with Crippen LogP contribution in [0.4, 0.5) is 5.69 Å². The van der Waals surface area contributed by atoms with Crippen molar-refractivity contribution in [3.63, 3.8) is 0 Å². The highest BCUT2D eigenvalue weighted by atomic mass is 32.2. The standard InChI is InChI=1S/C19H15N3O4S2/c1-2-12-3-5-13(6-4-12)11-16-18(24)21(19(27)28-16)20-17(23)14-7-9-15(10-8-14)22(25)26/h3-11H,2H2,1H3,(H,20,23)/b16-11+. The molecular weight excluding hydrogens is 398 g/mol. The average Bonchev–Trinajstić information content (AvgIpc) is 2.96. The molecule has 1 fully saturated rings. The Morgan fingerprint density at radius 3 is 2.43 bits per heavy atom. The van der Waals surface area contributed by atoms with Gasteiger partial charge in [-0.3, -0.25) is 25.1 Å². The molecule has 3 rings (SSSR count). The number of nitro benzene ring substituents is 1. The Hall–Kier alpha value is -3.04. The monoisotopic (exact) mass is 413 g/mol. The molecule has 28 heavy (non-hydrogen) atoms. The molecule has 0 radical (unpaired) electrons. The Labute approximate surface area is 170 Å². The molecule has 0 spiro atoms. The third kappa shape index (κ3) is 4.26. The zero-order chi connectivity index (χ0) is 20.3. The highest BCUT2D eigenvalue weighted by Gasteiger charge is 2.33. The molecule has 2 aromatic rings. The highest BCUT2D eigenvalue weighted by molar-refractivity contribution is 8.26. The van der Waals surface area contributed by atoms with Gasteiger partial charge in [0.05, 0.1) is 9.83 Å². The number of hydrogen-bond acceptors (Lipinski definition) is 6. The van der Waals surface area contributed by atoms with E-state index < -0.39 is 16.7 Å². The largest absolute Gasteiger partial charge is 0.285 e. The zero-order valence-corrected chi connectivity index (χ0v) is 16.4. The molecule has 1 saturated heterocycles. The van der Waals surface area contributed by atoms with E-state index in [1.165, 1.54) is 29.8 Å². The van der Waals surface area contributed by atoms with Crippen molar-refractivity contribution in [2.75, 3.05) is 0 Å². The van der Waals surface area contributed by atoms with Crippen molar-refractivity contribution >= 4 is 51.9 Å². The van der Waals surface area contributed by atoms with Gasteiger partial charge in [0.15, 0.2) is 4.32 Å². The van der Waals surface area contributed by atoms with E-state index in [4.69, 9.17) is 12.2 Å². The number of nitrogens with zero attached hydrogens (tertiary/aromatic N) is 2. The van der Waals surface area contributed by atoms with E-state index in [9.17, 15) is 19.7 Å². The van der Waals surface area contributed by atoms with E-state index in [1.807, 2.05) is 24.3 Å². The number of nitrogens with one attached hydrogen (secondary N) is 1. The van der Waals surface area contributed by atoms with Crippen molar-refractivity contribution in [1.29, 1.82) is 0 Å². The molecule has 0 bridgehead atoms. The number of amides is 2. The van der Waals surface area contributed by atoms with Gasteiger partial charge >= 0.3 is 0 Å². The lowest BCUT2D eigenvalue weighted by Crippen LogP contribution is -2.44. The number of non-ortho nitro benzene ring substituents is 1. The van der Waals surface area contributed by atoms with E-state index in [-0.39, 0.29) is 15.6 Å². The van der Waals surface area contributed by atoms with Crippen LogP contribution in [0.15, 0.2) is 53.4 Å². The van der Waals surface area contributed by atoms with E-state index in [0.717, 1.165) is 28.8 Å². The van der Waals surface area contributed by atoms with Gasteiger partial charge in [0.25, 0.3) is 17.5 Å². The van der Waals surface area contributed by atoms with Crippen LogP contribution in [0, 0.1) is 10.1 Å². The maximum absolute atomic E-state index is 12.6. The normalized spacial score (nSPS) is 15.2. The predicted molar refractivity (Wildman–Crippen MR) is 111 cm³/mol. The van der Waals surface area contributed by atoms with Crippen molar-refractivity contribution < 1.29 is 14.5 Å². The Kier molecular flexibility index (Phi) is 5.86. The maximum Gasteiger partial charge on any atom is 0.285 e. The van der Waals surface area contributed by atoms with Gasteiger partial charge in [-0.15, -0.1) is 0 Å². The summed E-state index contributed by atoms with van der Waals surface area (Å²) in [5, 5.41) is 11.7. The summed E-state index contributed by atoms with van der Waals surface area (Å²) in [5.41, 5.74) is 4.56. The van der Waals surface area contributed by atoms with Crippen LogP contribution in [-0.4, -0.2) is 26.1 Å². The van der Waals surface area contributed by atoms with Gasteiger partial charge < -0.3 is 0 Å². The summed E-state index contributed by atoms with van der Waals surface area (Å²) in [4.78, 5) is 35.5. The van der Waals surface area contributed by atoms with Gasteiger partial charge in [-0.25, -0.2) is 0 Å². The molecule has 0 atom stereocenters. The average molecular weight is 413 g/mol. The van der Waals surface area contributed by atoms with Crippen molar-refractivity contribution in [2.45, 2.75) is 13.3 Å². The molecule has 1 aliphatic heterocycles. The number of rotatable bonds is 5. The van der Waals surface area contributed by atoms with Gasteiger partial charge in [0.1, 0.15) is 0 Å². The fourth-order valence-electron chi connectivity index (χ4n) is 2.47. The minimum absolute atomic E-state index is 0.126. The van der Waals surface area contributed by atoms with Crippen LogP contribution in [0.1, 0.15) is 28.4 Å². The topological polar surface area (TPSA) is 92.6 Å². The lowest BCUT2D eigenvalue weighted by molar-refractivity contribution is -0.384. The summed E-state index contributed by atoms with van der Waals surface area (Å²) in [7, 11) is 0. The molecule has 1 aliphatic rings. The summed E-state index contributed by atoms with van der Waals surface area (Å²) >= 11 is 6.29. The number of hydrogen-bond donors (Lipinski definition) is 1. The first-order chi connectivity index (χ1) is 13.4. The Bertz CT molecular complexity index is 985. The number of carbonyl (C=O) groups is 2. The third-order valence-electron chi connectivity index (χ3n) is 4.03. The third-order valence-corrected chi connectivity index (χ3v) is 5.34. The Morgan fingerprint density at radius 2 is 1.86 bits per heavy atom. The number of nitro groups is 1. The molecule has 7 nitrogen and oxygen atoms in total. The van der Waals surface area contributed by atoms with Crippen LogP contribution in [-0.2, 0) is 11.2 Å². The predicted octanol–water partition coefficient (Wildman–Crippen LogP) is 3.70. The fourth-order valence-corrected chi connectivity index (χ4v) is 3.65. The van der Waals surface area contributed by atoms with E-state index in [2.05, 4.69) is 12.3 Å². The molecule has 0 saturated carbocycles. The molecule has 0 unspecified atom stereocenters. The van der Waals surface area contributed by atoms with Gasteiger partial charge in [-0.05, 0) is 48.0 Å². The quantitative estimate of drug-likeness (QED) is 0.348. The Balaban J connectivity index is 1.73. The van der Waals surface area contributed by atoms with Gasteiger partial charge in [-0.1, -0.05) is 43.0 Å². The van der Waals surface area contributed by atoms with E-state index in [1.54, 1.807) is 6.08 Å². The maximum atomic E-state index is 12.6. The van der Waals surface area contributed by atoms with Crippen molar-refractivity contribution in [3.8, 4) is 0 Å². The van der Waals surface area contributed by atoms with Gasteiger partial charge in [-0.2, -0.15) is 5.01 Å². The van der Waals surface area contributed by atoms with E-state index >= 15 is 0 Å². The van der Waals surface area contributed by atoms with E-state index in [0.29, 0.717) is 4.91 Å². The van der Waals surface area contributed by atoms with Gasteiger partial charge in [0, 0.05) is 17.7 Å². The SMILES string of the molecule is CCc1ccc(/C=C2/SC(=S)N(NC(=O)c3ccc([N+](=O)[O-])cc3)C2=O)cc1. The van der Waals surface area contributed by atoms with Gasteiger partial charge in [0.2, 0.25) is 0 Å². The molecule has 0 aromatic heterocycles. The van der Waals surface area contributed by atoms with Crippen molar-refractivity contribution in [3.05, 3.63) is 80.2 Å². The second-order valence-electron chi connectivity index (χ2n) is 5.86. The lowest BCUT2D eigenvalue weighted by Gasteiger charge is -2.15. The molecule has 2 aromatic carbocycles. The first kappa shape index (κ1) is 19.7. The van der Waals surface area contributed by atoms with Crippen LogP contribution in [0.3, 0.4) is 0 Å². The minimum Gasteiger partial charge on any atom is -0.267 e. The highest BCUT2D eigenvalue weighted by Crippen LogP contribution is 2.31. The Morgan fingerprint density at radius 1 is 1.21 bits per heavy atom. The fraction of sp³-hybridized carbons (Fsp3) is 0.105. The first-order valence-electron chi connectivity index (χ1n) is 8.31. The molecule has 142 valence electrons. The second-order valence-corrected chi connectivity index (χ2v) is 7.53. The molecule has 1 heterocycles. The van der Waals surface area contributed by atoms with Crippen molar-refractivity contribution in [2.24, 2.45) is 0 Å². The summed E-state index contributed by atoms with van der Waals surface area (Å²) in [6, 6.07) is 12.9. The molecule has 0 aliphatic carbocycles. The minimum atomic E-state index is -0.584. The number of carbonyl (C=O) groups excluding carboxylic acids is 2. The van der Waals surface area contributed by atoms with Crippen LogP contribution in [0.25, 0.3) is 6.08 Å². The molecule has 2 amide bonds. The first-order valence-corrected chi connectivity index (χ1v) is 9.54. The molecular formula is C19H15N3O4S2. The number of thiocarbonyl (C=S) groups is 1. The number of benzene rings is 2. The summed E-state index contributed by atoms with van der Waals surface area (Å²) in [6.07, 6.45) is 2.65. The lowest BCUT2D eigenvalue weighted by atomic mass is 10.1. The number of hydrazine groups is 1. The summed E-state index contributed by atoms with van der Waals surface area (Å²) in [6.45, 7) is 2.06. The zero-order valence-electron chi connectivity index (χ0n) is 14.7. The summed E-state index contributed by atoms with van der Waals surface area (Å²) < 4.78 is 0.205. The molecule has 1 N–H and O–H groups in total. The second kappa shape index (κ2) is 8.32. The molecule has 9 heteroatoms. The van der Waals surface area contributed by atoms with Crippen LogP contribution >= 0.6 is 24.0 Å². The number of thioether (sulfide) groups is 1. The van der Waals surface area contributed by atoms with Crippen LogP contribution < -0.4 is 5.43 Å².